The number of para-hydroxylation sites is 1. The number of nitrogens with zero attached hydrogens (tertiary/aromatic N) is 1. The average Bonchev–Trinajstić information content (AvgIpc) is 2.75. The zero-order chi connectivity index (χ0) is 27.3. The van der Waals surface area contributed by atoms with Gasteiger partial charge in [-0.05, 0) is 78.1 Å². The van der Waals surface area contributed by atoms with Gasteiger partial charge in [0.15, 0.2) is 0 Å². The van der Waals surface area contributed by atoms with Crippen LogP contribution in [-0.2, 0) is 14.3 Å². The predicted octanol–water partition coefficient (Wildman–Crippen LogP) is 4.50. The molecule has 2 rings (SSSR count). The van der Waals surface area contributed by atoms with Crippen molar-refractivity contribution in [2.45, 2.75) is 78.6 Å². The second-order valence-corrected chi connectivity index (χ2v) is 10.8. The number of carbonyl (C=O) groups excluding carboxylic acids is 3. The molecule has 2 aromatic carbocycles. The molecule has 0 aliphatic carbocycles. The maximum atomic E-state index is 13.9. The van der Waals surface area contributed by atoms with Crippen LogP contribution in [0.15, 0.2) is 48.5 Å². The first kappa shape index (κ1) is 28.8. The van der Waals surface area contributed by atoms with E-state index < -0.39 is 47.7 Å². The van der Waals surface area contributed by atoms with E-state index in [4.69, 9.17) is 4.74 Å². The van der Waals surface area contributed by atoms with Crippen LogP contribution in [0.25, 0.3) is 0 Å². The lowest BCUT2D eigenvalue weighted by Gasteiger charge is -2.43. The van der Waals surface area contributed by atoms with E-state index in [0.717, 1.165) is 11.1 Å². The van der Waals surface area contributed by atoms with E-state index in [1.165, 1.54) is 4.90 Å². The summed E-state index contributed by atoms with van der Waals surface area (Å²) in [6.45, 7) is 13.6. The number of benzene rings is 2. The number of anilines is 1. The number of nitrogens with one attached hydrogen (secondary N) is 2. The molecule has 0 spiro atoms. The highest BCUT2D eigenvalue weighted by Gasteiger charge is 2.42. The first-order valence-corrected chi connectivity index (χ1v) is 12.0. The Morgan fingerprint density at radius 2 is 1.47 bits per heavy atom. The second-order valence-electron chi connectivity index (χ2n) is 10.8. The highest BCUT2D eigenvalue weighted by molar-refractivity contribution is 5.99. The smallest absolute Gasteiger partial charge is 0.408 e. The molecule has 196 valence electrons. The molecule has 2 aromatic rings. The van der Waals surface area contributed by atoms with Crippen LogP contribution in [0.3, 0.4) is 0 Å². The fourth-order valence-electron chi connectivity index (χ4n) is 3.85. The fourth-order valence-corrected chi connectivity index (χ4v) is 3.85. The van der Waals surface area contributed by atoms with Gasteiger partial charge in [0.2, 0.25) is 5.91 Å². The van der Waals surface area contributed by atoms with E-state index in [9.17, 15) is 19.5 Å². The van der Waals surface area contributed by atoms with Crippen molar-refractivity contribution in [2.24, 2.45) is 0 Å². The van der Waals surface area contributed by atoms with Crippen molar-refractivity contribution in [1.29, 1.82) is 0 Å². The molecule has 36 heavy (non-hydrogen) atoms. The van der Waals surface area contributed by atoms with E-state index in [1.54, 1.807) is 53.7 Å². The third-order valence-corrected chi connectivity index (χ3v) is 5.52. The SMILES string of the molecule is Cc1ccccc1NC(=O)C(c1ccccc1C)N(C(=O)C(CO)NC(=O)OC(C)(C)C)C(C)(C)C. The molecule has 0 radical (unpaired) electrons. The number of alkyl carbamates (subject to hydrolysis) is 1. The van der Waals surface area contributed by atoms with Gasteiger partial charge in [0, 0.05) is 11.2 Å². The van der Waals surface area contributed by atoms with Crippen LogP contribution in [0.1, 0.15) is 64.3 Å². The summed E-state index contributed by atoms with van der Waals surface area (Å²) in [7, 11) is 0. The monoisotopic (exact) mass is 497 g/mol. The number of aliphatic hydroxyl groups is 1. The van der Waals surface area contributed by atoms with Gasteiger partial charge >= 0.3 is 6.09 Å². The molecule has 2 unspecified atom stereocenters. The third-order valence-electron chi connectivity index (χ3n) is 5.52. The van der Waals surface area contributed by atoms with Crippen molar-refractivity contribution in [3.63, 3.8) is 0 Å². The molecule has 0 aromatic heterocycles. The molecule has 3 N–H and O–H groups in total. The summed E-state index contributed by atoms with van der Waals surface area (Å²) in [5.41, 5.74) is 1.34. The van der Waals surface area contributed by atoms with Gasteiger partial charge in [0.25, 0.3) is 5.91 Å². The van der Waals surface area contributed by atoms with Crippen molar-refractivity contribution in [1.82, 2.24) is 10.2 Å². The summed E-state index contributed by atoms with van der Waals surface area (Å²) >= 11 is 0. The third kappa shape index (κ3) is 7.55. The molecule has 0 bridgehead atoms. The lowest BCUT2D eigenvalue weighted by molar-refractivity contribution is -0.147. The van der Waals surface area contributed by atoms with E-state index in [0.29, 0.717) is 11.3 Å². The van der Waals surface area contributed by atoms with Gasteiger partial charge in [-0.3, -0.25) is 9.59 Å². The molecule has 0 fully saturated rings. The Morgan fingerprint density at radius 3 is 1.97 bits per heavy atom. The maximum Gasteiger partial charge on any atom is 0.408 e. The average molecular weight is 498 g/mol. The van der Waals surface area contributed by atoms with Crippen LogP contribution < -0.4 is 10.6 Å². The number of hydrogen-bond donors (Lipinski definition) is 3. The molecular formula is C28H39N3O5. The second kappa shape index (κ2) is 11.6. The van der Waals surface area contributed by atoms with E-state index in [-0.39, 0.29) is 0 Å². The van der Waals surface area contributed by atoms with Crippen LogP contribution >= 0.6 is 0 Å². The molecule has 3 amide bonds. The number of amides is 3. The van der Waals surface area contributed by atoms with Crippen LogP contribution in [-0.4, -0.2) is 51.7 Å². The lowest BCUT2D eigenvalue weighted by atomic mass is 9.93. The van der Waals surface area contributed by atoms with E-state index in [1.807, 2.05) is 50.2 Å². The van der Waals surface area contributed by atoms with Crippen molar-refractivity contribution in [2.75, 3.05) is 11.9 Å². The molecular weight excluding hydrogens is 458 g/mol. The zero-order valence-corrected chi connectivity index (χ0v) is 22.5. The fraction of sp³-hybridized carbons (Fsp3) is 0.464. The lowest BCUT2D eigenvalue weighted by Crippen LogP contribution is -2.59. The largest absolute Gasteiger partial charge is 0.444 e. The zero-order valence-electron chi connectivity index (χ0n) is 22.5. The van der Waals surface area contributed by atoms with Crippen molar-refractivity contribution in [3.05, 3.63) is 65.2 Å². The Kier molecular flexibility index (Phi) is 9.26. The number of hydrogen-bond acceptors (Lipinski definition) is 5. The standard InChI is InChI=1S/C28H39N3O5/c1-18-13-9-11-15-20(18)23(24(33)29-21-16-12-10-14-19(21)2)31(27(3,4)5)25(34)22(17-32)30-26(35)36-28(6,7)8/h9-16,22-23,32H,17H2,1-8H3,(H,29,33)(H,30,35). The minimum atomic E-state index is -1.31. The molecule has 0 saturated heterocycles. The van der Waals surface area contributed by atoms with E-state index >= 15 is 0 Å². The predicted molar refractivity (Wildman–Crippen MR) is 141 cm³/mol. The number of ether oxygens (including phenoxy) is 1. The minimum Gasteiger partial charge on any atom is -0.444 e. The molecule has 8 nitrogen and oxygen atoms in total. The first-order valence-electron chi connectivity index (χ1n) is 12.0. The quantitative estimate of drug-likeness (QED) is 0.522. The van der Waals surface area contributed by atoms with Gasteiger partial charge in [-0.1, -0.05) is 42.5 Å². The van der Waals surface area contributed by atoms with Crippen LogP contribution in [0.4, 0.5) is 10.5 Å². The van der Waals surface area contributed by atoms with Crippen LogP contribution in [0, 0.1) is 13.8 Å². The summed E-state index contributed by atoms with van der Waals surface area (Å²) in [4.78, 5) is 41.6. The van der Waals surface area contributed by atoms with Gasteiger partial charge in [-0.15, -0.1) is 0 Å². The summed E-state index contributed by atoms with van der Waals surface area (Å²) in [6.07, 6.45) is -0.833. The number of aliphatic hydroxyl groups excluding tert-OH is 1. The Bertz CT molecular complexity index is 1090. The highest BCUT2D eigenvalue weighted by Crippen LogP contribution is 2.33. The van der Waals surface area contributed by atoms with Gasteiger partial charge in [-0.2, -0.15) is 0 Å². The van der Waals surface area contributed by atoms with Crippen LogP contribution in [0.5, 0.6) is 0 Å². The van der Waals surface area contributed by atoms with Gasteiger partial charge in [0.1, 0.15) is 17.7 Å². The topological polar surface area (TPSA) is 108 Å². The summed E-state index contributed by atoms with van der Waals surface area (Å²) < 4.78 is 5.28. The van der Waals surface area contributed by atoms with Crippen LogP contribution in [0.2, 0.25) is 0 Å². The minimum absolute atomic E-state index is 0.407. The Balaban J connectivity index is 2.55. The summed E-state index contributed by atoms with van der Waals surface area (Å²) in [5, 5.41) is 15.5. The summed E-state index contributed by atoms with van der Waals surface area (Å²) in [5.74, 6) is -1.01. The molecule has 0 saturated carbocycles. The first-order chi connectivity index (χ1) is 16.7. The molecule has 8 heteroatoms. The maximum absolute atomic E-state index is 13.9. The van der Waals surface area contributed by atoms with E-state index in [2.05, 4.69) is 10.6 Å². The Labute approximate surface area is 214 Å². The van der Waals surface area contributed by atoms with Crippen molar-refractivity contribution >= 4 is 23.6 Å². The Hall–Kier alpha value is -3.39. The Morgan fingerprint density at radius 1 is 0.917 bits per heavy atom. The highest BCUT2D eigenvalue weighted by atomic mass is 16.6. The molecule has 0 aliphatic heterocycles. The molecule has 0 aliphatic rings. The normalized spacial score (nSPS) is 13.4. The number of aryl methyl sites for hydroxylation is 2. The summed E-state index contributed by atoms with van der Waals surface area (Å²) in [6, 6.07) is 12.4. The number of carbonyl (C=O) groups is 3. The van der Waals surface area contributed by atoms with Gasteiger partial charge in [0.05, 0.1) is 6.61 Å². The van der Waals surface area contributed by atoms with Crippen molar-refractivity contribution in [3.8, 4) is 0 Å². The van der Waals surface area contributed by atoms with Gasteiger partial charge < -0.3 is 25.4 Å². The van der Waals surface area contributed by atoms with Crippen molar-refractivity contribution < 1.29 is 24.2 Å². The number of rotatable bonds is 7. The molecule has 2 atom stereocenters. The molecule has 0 heterocycles. The van der Waals surface area contributed by atoms with Gasteiger partial charge in [-0.25, -0.2) is 4.79 Å².